The molecule has 4 atom stereocenters. The number of amides is 1. The van der Waals surface area contributed by atoms with Gasteiger partial charge in [-0.25, -0.2) is 0 Å². The zero-order valence-electron chi connectivity index (χ0n) is 13.1. The molecule has 1 amide bonds. The van der Waals surface area contributed by atoms with Gasteiger partial charge >= 0.3 is 0 Å². The molecule has 0 aromatic carbocycles. The molecular weight excluding hydrogens is 248 g/mol. The topological polar surface area (TPSA) is 32.3 Å². The second kappa shape index (κ2) is 4.22. The highest BCUT2D eigenvalue weighted by Crippen LogP contribution is 2.70. The predicted molar refractivity (Wildman–Crippen MR) is 79.2 cm³/mol. The number of piperidine rings is 1. The van der Waals surface area contributed by atoms with E-state index in [0.717, 1.165) is 49.6 Å². The Morgan fingerprint density at radius 3 is 2.50 bits per heavy atom. The van der Waals surface area contributed by atoms with Gasteiger partial charge in [0.05, 0.1) is 6.04 Å². The van der Waals surface area contributed by atoms with Crippen LogP contribution in [0.1, 0.15) is 46.5 Å². The molecule has 3 nitrogen and oxygen atoms in total. The van der Waals surface area contributed by atoms with E-state index in [4.69, 9.17) is 0 Å². The van der Waals surface area contributed by atoms with Crippen LogP contribution < -0.4 is 5.32 Å². The highest BCUT2D eigenvalue weighted by Gasteiger charge is 2.68. The van der Waals surface area contributed by atoms with Crippen molar-refractivity contribution in [3.05, 3.63) is 0 Å². The van der Waals surface area contributed by atoms with Gasteiger partial charge in [-0.1, -0.05) is 20.8 Å². The number of carbonyl (C=O) groups is 1. The molecule has 4 unspecified atom stereocenters. The van der Waals surface area contributed by atoms with Gasteiger partial charge in [0.1, 0.15) is 0 Å². The number of rotatable bonds is 3. The van der Waals surface area contributed by atoms with Crippen LogP contribution >= 0.6 is 0 Å². The number of nitrogens with zero attached hydrogens (tertiary/aromatic N) is 1. The monoisotopic (exact) mass is 276 g/mol. The van der Waals surface area contributed by atoms with Crippen molar-refractivity contribution in [2.24, 2.45) is 29.1 Å². The third-order valence-corrected chi connectivity index (χ3v) is 6.06. The maximum absolute atomic E-state index is 12.7. The van der Waals surface area contributed by atoms with Crippen molar-refractivity contribution in [1.82, 2.24) is 10.2 Å². The van der Waals surface area contributed by atoms with E-state index in [2.05, 4.69) is 31.0 Å². The van der Waals surface area contributed by atoms with Gasteiger partial charge in [0, 0.05) is 19.1 Å². The molecule has 1 N–H and O–H groups in total. The Hall–Kier alpha value is -0.570. The first kappa shape index (κ1) is 13.1. The Kier molecular flexibility index (Phi) is 2.77. The van der Waals surface area contributed by atoms with Crippen molar-refractivity contribution in [1.29, 1.82) is 0 Å². The van der Waals surface area contributed by atoms with Gasteiger partial charge in [-0.2, -0.15) is 0 Å². The first-order chi connectivity index (χ1) is 9.44. The normalized spacial score (nSPS) is 46.1. The average Bonchev–Trinajstić information content (AvgIpc) is 2.73. The SMILES string of the molecule is CC(C)(C)CN1CCCC(NC2C3CC4C(C3)C42)C1=O. The Labute approximate surface area is 122 Å². The van der Waals surface area contributed by atoms with Gasteiger partial charge < -0.3 is 10.2 Å². The van der Waals surface area contributed by atoms with Crippen molar-refractivity contribution in [2.75, 3.05) is 13.1 Å². The Balaban J connectivity index is 1.39. The van der Waals surface area contributed by atoms with Crippen molar-refractivity contribution in [2.45, 2.75) is 58.5 Å². The molecule has 20 heavy (non-hydrogen) atoms. The van der Waals surface area contributed by atoms with Gasteiger partial charge in [0.2, 0.25) is 5.91 Å². The summed E-state index contributed by atoms with van der Waals surface area (Å²) in [6.45, 7) is 8.51. The fourth-order valence-electron chi connectivity index (χ4n) is 5.38. The number of likely N-dealkylation sites (tertiary alicyclic amines) is 1. The predicted octanol–water partition coefficient (Wildman–Crippen LogP) is 2.27. The lowest BCUT2D eigenvalue weighted by Gasteiger charge is -2.38. The highest BCUT2D eigenvalue weighted by molar-refractivity contribution is 5.82. The highest BCUT2D eigenvalue weighted by atomic mass is 16.2. The smallest absolute Gasteiger partial charge is 0.239 e. The average molecular weight is 276 g/mol. The van der Waals surface area contributed by atoms with Gasteiger partial charge in [-0.15, -0.1) is 0 Å². The van der Waals surface area contributed by atoms with E-state index in [1.807, 2.05) is 0 Å². The number of hydrogen-bond acceptors (Lipinski definition) is 2. The van der Waals surface area contributed by atoms with Gasteiger partial charge in [-0.3, -0.25) is 4.79 Å². The van der Waals surface area contributed by atoms with Crippen LogP contribution in [-0.4, -0.2) is 36.0 Å². The van der Waals surface area contributed by atoms with Crippen LogP contribution in [0, 0.1) is 29.1 Å². The molecule has 5 fully saturated rings. The molecule has 0 aromatic rings. The zero-order chi connectivity index (χ0) is 14.1. The molecule has 0 spiro atoms. The van der Waals surface area contributed by atoms with Crippen LogP contribution in [0.5, 0.6) is 0 Å². The maximum Gasteiger partial charge on any atom is 0.239 e. The summed E-state index contributed by atoms with van der Waals surface area (Å²) in [6, 6.07) is 0.783. The lowest BCUT2D eigenvalue weighted by molar-refractivity contribution is -0.137. The third-order valence-electron chi connectivity index (χ3n) is 6.06. The van der Waals surface area contributed by atoms with E-state index >= 15 is 0 Å². The van der Waals surface area contributed by atoms with Crippen LogP contribution in [0.15, 0.2) is 0 Å². The lowest BCUT2D eigenvalue weighted by atomic mass is 9.93. The summed E-state index contributed by atoms with van der Waals surface area (Å²) >= 11 is 0. The van der Waals surface area contributed by atoms with Crippen molar-refractivity contribution < 1.29 is 4.79 Å². The fourth-order valence-corrected chi connectivity index (χ4v) is 5.38. The summed E-state index contributed by atoms with van der Waals surface area (Å²) in [6.07, 6.45) is 5.10. The standard InChI is InChI=1S/C17H28N2O/c1-17(2,3)9-19-6-4-5-13(16(19)20)18-15-10-7-11-12(8-10)14(11)15/h10-15,18H,4-9H2,1-3H3. The summed E-state index contributed by atoms with van der Waals surface area (Å²) in [5.74, 6) is 4.25. The number of carbonyl (C=O) groups excluding carboxylic acids is 1. The molecule has 1 saturated heterocycles. The molecule has 4 bridgehead atoms. The van der Waals surface area contributed by atoms with Crippen molar-refractivity contribution >= 4 is 5.91 Å². The summed E-state index contributed by atoms with van der Waals surface area (Å²) < 4.78 is 0. The maximum atomic E-state index is 12.7. The van der Waals surface area contributed by atoms with Crippen LogP contribution in [-0.2, 0) is 4.79 Å². The summed E-state index contributed by atoms with van der Waals surface area (Å²) in [5.41, 5.74) is 0.202. The molecule has 5 rings (SSSR count). The Morgan fingerprint density at radius 2 is 1.95 bits per heavy atom. The van der Waals surface area contributed by atoms with Crippen molar-refractivity contribution in [3.8, 4) is 0 Å². The van der Waals surface area contributed by atoms with E-state index in [1.54, 1.807) is 0 Å². The molecule has 1 aliphatic heterocycles. The van der Waals surface area contributed by atoms with E-state index in [1.165, 1.54) is 12.8 Å². The molecule has 112 valence electrons. The Morgan fingerprint density at radius 1 is 1.25 bits per heavy atom. The number of nitrogens with one attached hydrogen (secondary N) is 1. The summed E-state index contributed by atoms with van der Waals surface area (Å²) in [4.78, 5) is 14.8. The molecule has 5 aliphatic rings. The first-order valence-electron chi connectivity index (χ1n) is 8.49. The minimum atomic E-state index is 0.108. The van der Waals surface area contributed by atoms with Crippen molar-refractivity contribution in [3.63, 3.8) is 0 Å². The van der Waals surface area contributed by atoms with Gasteiger partial charge in [0.25, 0.3) is 0 Å². The Bertz CT molecular complexity index is 413. The minimum Gasteiger partial charge on any atom is -0.341 e. The number of hydrogen-bond donors (Lipinski definition) is 1. The molecule has 0 aromatic heterocycles. The second-order valence-electron chi connectivity index (χ2n) is 8.84. The third kappa shape index (κ3) is 2.01. The molecule has 1 heterocycles. The first-order valence-corrected chi connectivity index (χ1v) is 8.49. The lowest BCUT2D eigenvalue weighted by Crippen LogP contribution is -2.55. The second-order valence-corrected chi connectivity index (χ2v) is 8.84. The summed E-state index contributed by atoms with van der Waals surface area (Å²) in [7, 11) is 0. The van der Waals surface area contributed by atoms with E-state index in [9.17, 15) is 4.79 Å². The largest absolute Gasteiger partial charge is 0.341 e. The minimum absolute atomic E-state index is 0.108. The zero-order valence-corrected chi connectivity index (χ0v) is 13.1. The van der Waals surface area contributed by atoms with Gasteiger partial charge in [0.15, 0.2) is 0 Å². The van der Waals surface area contributed by atoms with Gasteiger partial charge in [-0.05, 0) is 54.8 Å². The van der Waals surface area contributed by atoms with Crippen LogP contribution in [0.2, 0.25) is 0 Å². The quantitative estimate of drug-likeness (QED) is 0.857. The van der Waals surface area contributed by atoms with E-state index in [-0.39, 0.29) is 11.5 Å². The molecule has 4 aliphatic carbocycles. The van der Waals surface area contributed by atoms with Crippen LogP contribution in [0.4, 0.5) is 0 Å². The van der Waals surface area contributed by atoms with E-state index in [0.29, 0.717) is 11.9 Å². The molecule has 4 saturated carbocycles. The van der Waals surface area contributed by atoms with E-state index < -0.39 is 0 Å². The molecule has 0 radical (unpaired) electrons. The van der Waals surface area contributed by atoms with Crippen LogP contribution in [0.3, 0.4) is 0 Å². The van der Waals surface area contributed by atoms with Crippen LogP contribution in [0.25, 0.3) is 0 Å². The fraction of sp³-hybridized carbons (Fsp3) is 0.941. The molecule has 3 heteroatoms. The molecular formula is C17H28N2O. The summed E-state index contributed by atoms with van der Waals surface area (Å²) in [5, 5.41) is 3.77.